The molecule has 0 aliphatic carbocycles. The number of benzene rings is 1. The lowest BCUT2D eigenvalue weighted by atomic mass is 10.0. The van der Waals surface area contributed by atoms with Crippen molar-refractivity contribution in [1.29, 1.82) is 0 Å². The minimum absolute atomic E-state index is 0.184. The van der Waals surface area contributed by atoms with E-state index in [1.54, 1.807) is 7.11 Å². The lowest BCUT2D eigenvalue weighted by molar-refractivity contribution is -0.200. The molecule has 0 unspecified atom stereocenters. The van der Waals surface area contributed by atoms with Crippen molar-refractivity contribution in [1.82, 2.24) is 0 Å². The second-order valence-electron chi connectivity index (χ2n) is 4.58. The first kappa shape index (κ1) is 13.2. The van der Waals surface area contributed by atoms with Gasteiger partial charge in [-0.2, -0.15) is 0 Å². The van der Waals surface area contributed by atoms with Crippen molar-refractivity contribution in [2.45, 2.75) is 15.6 Å². The summed E-state index contributed by atoms with van der Waals surface area (Å²) >= 11 is 3.70. The molecule has 0 radical (unpaired) electrons. The Labute approximate surface area is 121 Å². The topological polar surface area (TPSA) is 18.5 Å². The molecule has 0 N–H and O–H groups in total. The lowest BCUT2D eigenvalue weighted by Crippen LogP contribution is -2.47. The van der Waals surface area contributed by atoms with Gasteiger partial charge in [0.05, 0.1) is 17.4 Å². The highest BCUT2D eigenvalue weighted by Crippen LogP contribution is 2.40. The fraction of sp³-hybridized carbons (Fsp3) is 0.333. The maximum absolute atomic E-state index is 5.61. The van der Waals surface area contributed by atoms with E-state index in [4.69, 9.17) is 9.47 Å². The summed E-state index contributed by atoms with van der Waals surface area (Å²) in [7, 11) is 1.76. The summed E-state index contributed by atoms with van der Waals surface area (Å²) in [5, 5.41) is 0. The van der Waals surface area contributed by atoms with Gasteiger partial charge >= 0.3 is 0 Å². The molecule has 1 fully saturated rings. The molecule has 2 heterocycles. The molecule has 3 rings (SSSR count). The third-order valence-corrected chi connectivity index (χ3v) is 5.88. The van der Waals surface area contributed by atoms with Crippen molar-refractivity contribution < 1.29 is 9.47 Å². The zero-order valence-electron chi connectivity index (χ0n) is 10.8. The van der Waals surface area contributed by atoms with Crippen LogP contribution in [-0.4, -0.2) is 20.3 Å². The van der Waals surface area contributed by atoms with Crippen LogP contribution >= 0.6 is 23.1 Å². The Morgan fingerprint density at radius 3 is 2.63 bits per heavy atom. The number of thioether (sulfide) groups is 1. The Hall–Kier alpha value is -0.810. The Balaban J connectivity index is 1.65. The quantitative estimate of drug-likeness (QED) is 0.778. The van der Waals surface area contributed by atoms with Crippen LogP contribution in [0.2, 0.25) is 0 Å². The fourth-order valence-corrected chi connectivity index (χ4v) is 4.24. The Bertz CT molecular complexity index is 527. The Morgan fingerprint density at radius 2 is 2.00 bits per heavy atom. The molecule has 1 saturated heterocycles. The van der Waals surface area contributed by atoms with Crippen molar-refractivity contribution >= 4 is 23.1 Å². The van der Waals surface area contributed by atoms with Gasteiger partial charge < -0.3 is 9.47 Å². The van der Waals surface area contributed by atoms with Gasteiger partial charge in [0.2, 0.25) is 0 Å². The van der Waals surface area contributed by atoms with Gasteiger partial charge in [-0.1, -0.05) is 30.3 Å². The Morgan fingerprint density at radius 1 is 1.21 bits per heavy atom. The SMILES string of the molecule is COC1(c2ccc(SCc3ccccc3)s2)COC1. The van der Waals surface area contributed by atoms with Crippen molar-refractivity contribution in [3.63, 3.8) is 0 Å². The van der Waals surface area contributed by atoms with E-state index < -0.39 is 0 Å². The summed E-state index contributed by atoms with van der Waals surface area (Å²) in [6.45, 7) is 1.35. The molecule has 19 heavy (non-hydrogen) atoms. The van der Waals surface area contributed by atoms with Gasteiger partial charge in [-0.15, -0.1) is 23.1 Å². The lowest BCUT2D eigenvalue weighted by Gasteiger charge is -2.39. The van der Waals surface area contributed by atoms with Gasteiger partial charge in [0.1, 0.15) is 5.60 Å². The summed E-state index contributed by atoms with van der Waals surface area (Å²) in [6, 6.07) is 14.9. The molecular formula is C15H16O2S2. The standard InChI is InChI=1S/C15H16O2S2/c1-16-15(10-17-11-15)13-7-8-14(19-13)18-9-12-5-3-2-4-6-12/h2-8H,9-11H2,1H3. The number of methoxy groups -OCH3 is 1. The molecule has 0 atom stereocenters. The van der Waals surface area contributed by atoms with E-state index in [-0.39, 0.29) is 5.60 Å². The third-order valence-electron chi connectivity index (χ3n) is 3.32. The van der Waals surface area contributed by atoms with Crippen LogP contribution in [0.1, 0.15) is 10.4 Å². The minimum atomic E-state index is -0.184. The van der Waals surface area contributed by atoms with Crippen molar-refractivity contribution in [2.24, 2.45) is 0 Å². The van der Waals surface area contributed by atoms with Gasteiger partial charge in [-0.3, -0.25) is 0 Å². The number of ether oxygens (including phenoxy) is 2. The molecule has 1 aliphatic rings. The molecule has 0 saturated carbocycles. The molecule has 1 aromatic carbocycles. The molecule has 2 aromatic rings. The van der Waals surface area contributed by atoms with Crippen LogP contribution in [0.15, 0.2) is 46.7 Å². The smallest absolute Gasteiger partial charge is 0.148 e. The van der Waals surface area contributed by atoms with E-state index >= 15 is 0 Å². The number of thiophene rings is 1. The highest BCUT2D eigenvalue weighted by molar-refractivity contribution is 8.00. The predicted octanol–water partition coefficient (Wildman–Crippen LogP) is 3.91. The first-order chi connectivity index (χ1) is 9.32. The molecule has 0 amide bonds. The number of rotatable bonds is 5. The van der Waals surface area contributed by atoms with Crippen molar-refractivity contribution in [3.8, 4) is 0 Å². The average Bonchev–Trinajstić information content (AvgIpc) is 2.86. The summed E-state index contributed by atoms with van der Waals surface area (Å²) in [4.78, 5) is 1.27. The second kappa shape index (κ2) is 5.67. The maximum Gasteiger partial charge on any atom is 0.148 e. The normalized spacial score (nSPS) is 17.1. The molecule has 1 aromatic heterocycles. The molecule has 0 spiro atoms. The highest BCUT2D eigenvalue weighted by Gasteiger charge is 2.41. The van der Waals surface area contributed by atoms with Crippen LogP contribution < -0.4 is 0 Å². The zero-order chi connectivity index (χ0) is 13.1. The van der Waals surface area contributed by atoms with Crippen molar-refractivity contribution in [2.75, 3.05) is 20.3 Å². The van der Waals surface area contributed by atoms with E-state index in [2.05, 4.69) is 42.5 Å². The summed E-state index contributed by atoms with van der Waals surface area (Å²) < 4.78 is 12.2. The van der Waals surface area contributed by atoms with E-state index in [0.29, 0.717) is 13.2 Å². The van der Waals surface area contributed by atoms with E-state index in [0.717, 1.165) is 5.75 Å². The monoisotopic (exact) mass is 292 g/mol. The van der Waals surface area contributed by atoms with E-state index in [1.165, 1.54) is 14.6 Å². The number of hydrogen-bond acceptors (Lipinski definition) is 4. The molecule has 1 aliphatic heterocycles. The largest absolute Gasteiger partial charge is 0.374 e. The molecule has 100 valence electrons. The van der Waals surface area contributed by atoms with Crippen LogP contribution in [0.25, 0.3) is 0 Å². The molecule has 0 bridgehead atoms. The van der Waals surface area contributed by atoms with E-state index in [9.17, 15) is 0 Å². The summed E-state index contributed by atoms with van der Waals surface area (Å²) in [5.41, 5.74) is 1.17. The fourth-order valence-electron chi connectivity index (χ4n) is 2.02. The van der Waals surface area contributed by atoms with E-state index in [1.807, 2.05) is 23.1 Å². The van der Waals surface area contributed by atoms with Crippen LogP contribution in [0.5, 0.6) is 0 Å². The first-order valence-corrected chi connectivity index (χ1v) is 8.02. The molecular weight excluding hydrogens is 276 g/mol. The van der Waals surface area contributed by atoms with Gasteiger partial charge in [0.15, 0.2) is 0 Å². The number of hydrogen-bond donors (Lipinski definition) is 0. The van der Waals surface area contributed by atoms with Gasteiger partial charge in [0, 0.05) is 17.7 Å². The first-order valence-electron chi connectivity index (χ1n) is 6.22. The Kier molecular flexibility index (Phi) is 3.93. The molecule has 4 heteroatoms. The summed E-state index contributed by atoms with van der Waals surface area (Å²) in [5.74, 6) is 1.01. The van der Waals surface area contributed by atoms with Crippen LogP contribution in [-0.2, 0) is 20.8 Å². The van der Waals surface area contributed by atoms with Crippen molar-refractivity contribution in [3.05, 3.63) is 52.9 Å². The predicted molar refractivity (Wildman–Crippen MR) is 79.8 cm³/mol. The average molecular weight is 292 g/mol. The van der Waals surface area contributed by atoms with Gasteiger partial charge in [-0.25, -0.2) is 0 Å². The van der Waals surface area contributed by atoms with Crippen LogP contribution in [0.3, 0.4) is 0 Å². The second-order valence-corrected chi connectivity index (χ2v) is 6.94. The minimum Gasteiger partial charge on any atom is -0.374 e. The molecule has 2 nitrogen and oxygen atoms in total. The third kappa shape index (κ3) is 2.72. The maximum atomic E-state index is 5.61. The summed E-state index contributed by atoms with van der Waals surface area (Å²) in [6.07, 6.45) is 0. The van der Waals surface area contributed by atoms with Gasteiger partial charge in [0.25, 0.3) is 0 Å². The zero-order valence-corrected chi connectivity index (χ0v) is 12.4. The van der Waals surface area contributed by atoms with Crippen LogP contribution in [0.4, 0.5) is 0 Å². The van der Waals surface area contributed by atoms with Gasteiger partial charge in [-0.05, 0) is 17.7 Å². The van der Waals surface area contributed by atoms with Crippen LogP contribution in [0, 0.1) is 0 Å². The highest BCUT2D eigenvalue weighted by atomic mass is 32.2.